The molecule has 1 aliphatic carbocycles. The summed E-state index contributed by atoms with van der Waals surface area (Å²) in [6, 6.07) is 8.51. The highest BCUT2D eigenvalue weighted by Gasteiger charge is 2.30. The standard InChI is InChI=1S/C24H23F3N4O2/c25-24(26,27)18-7-5-16(6-8-18)21-29-20-9-11-31(13-19(20)22(32)30-21)12-17-2-1-10-28-23(17)33-14-15-3-4-15/h1-2,5-8,10,15H,3-4,9,11-14H2,(H,29,30,32). The highest BCUT2D eigenvalue weighted by molar-refractivity contribution is 5.56. The van der Waals surface area contributed by atoms with Gasteiger partial charge in [-0.05, 0) is 37.0 Å². The number of alkyl halides is 3. The van der Waals surface area contributed by atoms with E-state index in [1.807, 2.05) is 12.1 Å². The predicted octanol–water partition coefficient (Wildman–Crippen LogP) is 4.20. The van der Waals surface area contributed by atoms with E-state index in [1.54, 1.807) is 6.20 Å². The largest absolute Gasteiger partial charge is 0.477 e. The Balaban J connectivity index is 1.32. The van der Waals surface area contributed by atoms with Crippen LogP contribution in [0.4, 0.5) is 13.2 Å². The van der Waals surface area contributed by atoms with Crippen molar-refractivity contribution in [2.75, 3.05) is 13.2 Å². The Morgan fingerprint density at radius 2 is 1.94 bits per heavy atom. The van der Waals surface area contributed by atoms with Crippen LogP contribution in [0.2, 0.25) is 0 Å². The van der Waals surface area contributed by atoms with Crippen LogP contribution >= 0.6 is 0 Å². The number of nitrogens with zero attached hydrogens (tertiary/aromatic N) is 3. The summed E-state index contributed by atoms with van der Waals surface area (Å²) in [5, 5.41) is 0. The molecular weight excluding hydrogens is 433 g/mol. The van der Waals surface area contributed by atoms with Crippen LogP contribution in [0.3, 0.4) is 0 Å². The zero-order valence-electron chi connectivity index (χ0n) is 17.9. The number of pyridine rings is 1. The van der Waals surface area contributed by atoms with E-state index in [4.69, 9.17) is 4.74 Å². The second-order valence-corrected chi connectivity index (χ2v) is 8.60. The van der Waals surface area contributed by atoms with Gasteiger partial charge in [0, 0.05) is 43.4 Å². The van der Waals surface area contributed by atoms with E-state index >= 15 is 0 Å². The van der Waals surface area contributed by atoms with Crippen LogP contribution in [0, 0.1) is 5.92 Å². The monoisotopic (exact) mass is 456 g/mol. The summed E-state index contributed by atoms with van der Waals surface area (Å²) in [4.78, 5) is 26.6. The number of H-pyrrole nitrogens is 1. The summed E-state index contributed by atoms with van der Waals surface area (Å²) < 4.78 is 44.4. The van der Waals surface area contributed by atoms with Crippen molar-refractivity contribution in [1.29, 1.82) is 0 Å². The number of hydrogen-bond donors (Lipinski definition) is 1. The Morgan fingerprint density at radius 3 is 2.67 bits per heavy atom. The molecule has 3 aromatic rings. The molecular formula is C24H23F3N4O2. The van der Waals surface area contributed by atoms with Crippen LogP contribution in [0.1, 0.15) is 35.2 Å². The first-order valence-corrected chi connectivity index (χ1v) is 11.0. The molecule has 1 aliphatic heterocycles. The van der Waals surface area contributed by atoms with E-state index in [0.29, 0.717) is 61.3 Å². The molecule has 9 heteroatoms. The molecule has 172 valence electrons. The van der Waals surface area contributed by atoms with E-state index < -0.39 is 11.7 Å². The first-order chi connectivity index (χ1) is 15.9. The number of aromatic nitrogens is 3. The smallest absolute Gasteiger partial charge is 0.416 e. The van der Waals surface area contributed by atoms with Crippen molar-refractivity contribution >= 4 is 0 Å². The van der Waals surface area contributed by atoms with Gasteiger partial charge in [-0.1, -0.05) is 18.2 Å². The zero-order chi connectivity index (χ0) is 23.0. The van der Waals surface area contributed by atoms with Crippen LogP contribution in [0.25, 0.3) is 11.4 Å². The minimum absolute atomic E-state index is 0.268. The summed E-state index contributed by atoms with van der Waals surface area (Å²) in [5.41, 5.74) is 1.68. The number of hydrogen-bond acceptors (Lipinski definition) is 5. The maximum atomic E-state index is 12.8. The van der Waals surface area contributed by atoms with Crippen LogP contribution in [0.15, 0.2) is 47.4 Å². The predicted molar refractivity (Wildman–Crippen MR) is 116 cm³/mol. The van der Waals surface area contributed by atoms with Gasteiger partial charge in [0.15, 0.2) is 0 Å². The van der Waals surface area contributed by atoms with Crippen molar-refractivity contribution in [1.82, 2.24) is 19.9 Å². The van der Waals surface area contributed by atoms with E-state index in [-0.39, 0.29) is 11.4 Å². The molecule has 0 radical (unpaired) electrons. The fourth-order valence-electron chi connectivity index (χ4n) is 3.97. The van der Waals surface area contributed by atoms with Gasteiger partial charge in [0.2, 0.25) is 5.88 Å². The van der Waals surface area contributed by atoms with Crippen molar-refractivity contribution in [3.05, 3.63) is 75.3 Å². The Bertz CT molecular complexity index is 1200. The van der Waals surface area contributed by atoms with Crippen molar-refractivity contribution in [3.63, 3.8) is 0 Å². The maximum Gasteiger partial charge on any atom is 0.416 e. The molecule has 5 rings (SSSR count). The highest BCUT2D eigenvalue weighted by atomic mass is 19.4. The van der Waals surface area contributed by atoms with Crippen molar-refractivity contribution in [2.45, 2.75) is 38.5 Å². The number of nitrogens with one attached hydrogen (secondary N) is 1. The second kappa shape index (κ2) is 8.62. The van der Waals surface area contributed by atoms with E-state index in [0.717, 1.165) is 17.7 Å². The van der Waals surface area contributed by atoms with Gasteiger partial charge in [0.05, 0.1) is 23.4 Å². The molecule has 0 atom stereocenters. The van der Waals surface area contributed by atoms with E-state index in [1.165, 1.54) is 25.0 Å². The normalized spacial score (nSPS) is 16.5. The molecule has 3 heterocycles. The lowest BCUT2D eigenvalue weighted by Crippen LogP contribution is -2.35. The van der Waals surface area contributed by atoms with Crippen LogP contribution in [0.5, 0.6) is 5.88 Å². The number of benzene rings is 1. The lowest BCUT2D eigenvalue weighted by atomic mass is 10.1. The quantitative estimate of drug-likeness (QED) is 0.602. The summed E-state index contributed by atoms with van der Waals surface area (Å²) in [5.74, 6) is 1.55. The SMILES string of the molecule is O=c1[nH]c(-c2ccc(C(F)(F)F)cc2)nc2c1CN(Cc1cccnc1OCC1CC1)CC2. The Hall–Kier alpha value is -3.20. The first kappa shape index (κ1) is 21.6. The molecule has 6 nitrogen and oxygen atoms in total. The maximum absolute atomic E-state index is 12.8. The number of aromatic amines is 1. The van der Waals surface area contributed by atoms with Crippen LogP contribution in [-0.2, 0) is 25.7 Å². The van der Waals surface area contributed by atoms with Crippen LogP contribution < -0.4 is 10.3 Å². The van der Waals surface area contributed by atoms with Gasteiger partial charge < -0.3 is 9.72 Å². The Morgan fingerprint density at radius 1 is 1.15 bits per heavy atom. The van der Waals surface area contributed by atoms with E-state index in [2.05, 4.69) is 19.9 Å². The lowest BCUT2D eigenvalue weighted by molar-refractivity contribution is -0.137. The first-order valence-electron chi connectivity index (χ1n) is 11.0. The Labute approximate surface area is 188 Å². The summed E-state index contributed by atoms with van der Waals surface area (Å²) in [7, 11) is 0. The van der Waals surface area contributed by atoms with Gasteiger partial charge in [-0.3, -0.25) is 9.69 Å². The molecule has 2 aliphatic rings. The zero-order valence-corrected chi connectivity index (χ0v) is 17.9. The molecule has 2 aromatic heterocycles. The van der Waals surface area contributed by atoms with Gasteiger partial charge in [0.25, 0.3) is 5.56 Å². The topological polar surface area (TPSA) is 71.1 Å². The van der Waals surface area contributed by atoms with Crippen molar-refractivity contribution < 1.29 is 17.9 Å². The minimum atomic E-state index is -4.41. The summed E-state index contributed by atoms with van der Waals surface area (Å²) in [6.45, 7) is 2.42. The third kappa shape index (κ3) is 4.93. The molecule has 1 aromatic carbocycles. The third-order valence-electron chi connectivity index (χ3n) is 6.03. The molecule has 0 bridgehead atoms. The number of ether oxygens (including phenoxy) is 1. The van der Waals surface area contributed by atoms with Gasteiger partial charge in [-0.25, -0.2) is 9.97 Å². The highest BCUT2D eigenvalue weighted by Crippen LogP contribution is 2.31. The molecule has 1 fully saturated rings. The average Bonchev–Trinajstić information content (AvgIpc) is 3.63. The molecule has 1 saturated carbocycles. The molecule has 1 N–H and O–H groups in total. The molecule has 0 spiro atoms. The molecule has 33 heavy (non-hydrogen) atoms. The van der Waals surface area contributed by atoms with E-state index in [9.17, 15) is 18.0 Å². The molecule has 0 saturated heterocycles. The Kier molecular flexibility index (Phi) is 5.65. The number of rotatable bonds is 6. The fourth-order valence-corrected chi connectivity index (χ4v) is 3.97. The molecule has 0 unspecified atom stereocenters. The number of halogens is 3. The molecule has 0 amide bonds. The summed E-state index contributed by atoms with van der Waals surface area (Å²) >= 11 is 0. The van der Waals surface area contributed by atoms with Crippen LogP contribution in [-0.4, -0.2) is 33.0 Å². The van der Waals surface area contributed by atoms with Crippen molar-refractivity contribution in [3.8, 4) is 17.3 Å². The van der Waals surface area contributed by atoms with Gasteiger partial charge in [0.1, 0.15) is 5.82 Å². The van der Waals surface area contributed by atoms with Gasteiger partial charge >= 0.3 is 6.18 Å². The lowest BCUT2D eigenvalue weighted by Gasteiger charge is -2.28. The fraction of sp³-hybridized carbons (Fsp3) is 0.375. The van der Waals surface area contributed by atoms with Gasteiger partial charge in [-0.2, -0.15) is 13.2 Å². The van der Waals surface area contributed by atoms with Crippen molar-refractivity contribution in [2.24, 2.45) is 5.92 Å². The summed E-state index contributed by atoms with van der Waals surface area (Å²) in [6.07, 6.45) is 0.292. The minimum Gasteiger partial charge on any atom is -0.477 e. The average molecular weight is 456 g/mol. The number of fused-ring (bicyclic) bond motifs is 1. The second-order valence-electron chi connectivity index (χ2n) is 8.60. The third-order valence-corrected chi connectivity index (χ3v) is 6.03. The van der Waals surface area contributed by atoms with Gasteiger partial charge in [-0.15, -0.1) is 0 Å².